The number of rotatable bonds is 9. The molecule has 1 heterocycles. The van der Waals surface area contributed by atoms with Crippen LogP contribution in [0.15, 0.2) is 24.3 Å². The average molecular weight is 488 g/mol. The number of amides is 1. The highest BCUT2D eigenvalue weighted by molar-refractivity contribution is 14.1. The maximum Gasteiger partial charge on any atom is 0.276 e. The molecule has 1 aromatic heterocycles. The van der Waals surface area contributed by atoms with Crippen molar-refractivity contribution in [3.8, 4) is 0 Å². The normalized spacial score (nSPS) is 10.9. The van der Waals surface area contributed by atoms with Crippen LogP contribution in [-0.2, 0) is 11.4 Å². The summed E-state index contributed by atoms with van der Waals surface area (Å²) in [5.41, 5.74) is 3.70. The minimum Gasteiger partial charge on any atom is -0.377 e. The lowest BCUT2D eigenvalue weighted by molar-refractivity contribution is 0.0262. The molecule has 1 aromatic carbocycles. The number of anilines is 1. The van der Waals surface area contributed by atoms with Gasteiger partial charge < -0.3 is 15.2 Å². The van der Waals surface area contributed by atoms with E-state index in [1.54, 1.807) is 12.1 Å². The molecule has 0 atom stereocenters. The number of carbonyl (C=O) groups is 2. The number of hydroxylamine groups is 1. The molecular weight excluding hydrogens is 466 g/mol. The van der Waals surface area contributed by atoms with Crippen LogP contribution in [0.1, 0.15) is 33.5 Å². The molecule has 0 bridgehead atoms. The number of aromatic amines is 1. The smallest absolute Gasteiger partial charge is 0.276 e. The molecule has 0 spiro atoms. The van der Waals surface area contributed by atoms with E-state index in [4.69, 9.17) is 4.84 Å². The van der Waals surface area contributed by atoms with Gasteiger partial charge in [0.05, 0.1) is 30.1 Å². The van der Waals surface area contributed by atoms with Crippen LogP contribution in [0, 0.1) is 9.39 Å². The van der Waals surface area contributed by atoms with Gasteiger partial charge in [0.15, 0.2) is 5.78 Å². The van der Waals surface area contributed by atoms with E-state index in [0.29, 0.717) is 30.2 Å². The monoisotopic (exact) mass is 488 g/mol. The van der Waals surface area contributed by atoms with Gasteiger partial charge in [-0.2, -0.15) is 0 Å². The second-order valence-electron chi connectivity index (χ2n) is 6.19. The van der Waals surface area contributed by atoms with Crippen LogP contribution in [0.2, 0.25) is 0 Å². The number of nitrogens with zero attached hydrogens (tertiary/aromatic N) is 1. The van der Waals surface area contributed by atoms with Crippen LogP contribution in [0.4, 0.5) is 10.1 Å². The number of hydrogen-bond donors (Lipinski definition) is 3. The Morgan fingerprint density at radius 3 is 2.67 bits per heavy atom. The van der Waals surface area contributed by atoms with Gasteiger partial charge in [0.25, 0.3) is 5.91 Å². The largest absolute Gasteiger partial charge is 0.377 e. The van der Waals surface area contributed by atoms with Gasteiger partial charge in [-0.15, -0.1) is 0 Å². The Hall–Kier alpha value is -1.98. The van der Waals surface area contributed by atoms with Crippen molar-refractivity contribution in [3.05, 3.63) is 50.6 Å². The van der Waals surface area contributed by atoms with Crippen molar-refractivity contribution >= 4 is 40.0 Å². The van der Waals surface area contributed by atoms with Gasteiger partial charge in [0.1, 0.15) is 5.82 Å². The van der Waals surface area contributed by atoms with Crippen molar-refractivity contribution in [2.24, 2.45) is 0 Å². The fraction of sp³-hybridized carbons (Fsp3) is 0.333. The van der Waals surface area contributed by atoms with Crippen molar-refractivity contribution in [2.75, 3.05) is 32.6 Å². The van der Waals surface area contributed by atoms with Crippen molar-refractivity contribution in [1.29, 1.82) is 0 Å². The number of carbonyl (C=O) groups excluding carboxylic acids is 2. The number of benzene rings is 1. The van der Waals surface area contributed by atoms with Gasteiger partial charge in [-0.3, -0.25) is 14.4 Å². The lowest BCUT2D eigenvalue weighted by atomic mass is 10.2. The molecule has 0 saturated carbocycles. The molecule has 0 aliphatic carbocycles. The molecule has 146 valence electrons. The van der Waals surface area contributed by atoms with Gasteiger partial charge in [-0.05, 0) is 61.0 Å². The Bertz CT molecular complexity index is 823. The number of likely N-dealkylation sites (N-methyl/N-ethyl adjacent to an activating group) is 1. The molecular formula is C18H22FIN4O3. The summed E-state index contributed by atoms with van der Waals surface area (Å²) >= 11 is 2.03. The summed E-state index contributed by atoms with van der Waals surface area (Å²) in [6, 6.07) is 6.27. The molecule has 0 unspecified atom stereocenters. The zero-order valence-electron chi connectivity index (χ0n) is 15.4. The predicted molar refractivity (Wildman–Crippen MR) is 109 cm³/mol. The quantitative estimate of drug-likeness (QED) is 0.219. The molecule has 0 radical (unpaired) electrons. The first kappa shape index (κ1) is 21.3. The lowest BCUT2D eigenvalue weighted by Gasteiger charge is -2.11. The Labute approximate surface area is 170 Å². The van der Waals surface area contributed by atoms with Gasteiger partial charge >= 0.3 is 0 Å². The van der Waals surface area contributed by atoms with Gasteiger partial charge in [0.2, 0.25) is 0 Å². The fourth-order valence-electron chi connectivity index (χ4n) is 2.25. The first-order chi connectivity index (χ1) is 12.8. The molecule has 0 aliphatic heterocycles. The highest BCUT2D eigenvalue weighted by Gasteiger charge is 2.18. The Morgan fingerprint density at radius 2 is 2.04 bits per heavy atom. The predicted octanol–water partition coefficient (Wildman–Crippen LogP) is 2.80. The summed E-state index contributed by atoms with van der Waals surface area (Å²) < 4.78 is 14.8. The SMILES string of the molecule is CC(=O)c1cc(C(=O)NOCCN(C)C)c(CNc2ccc(I)cc2F)[nH]1. The highest BCUT2D eigenvalue weighted by atomic mass is 127. The van der Waals surface area contributed by atoms with E-state index in [1.165, 1.54) is 19.1 Å². The summed E-state index contributed by atoms with van der Waals surface area (Å²) in [6.45, 7) is 2.51. The molecule has 7 nitrogen and oxygen atoms in total. The van der Waals surface area contributed by atoms with Crippen molar-refractivity contribution in [1.82, 2.24) is 15.4 Å². The molecule has 27 heavy (non-hydrogen) atoms. The summed E-state index contributed by atoms with van der Waals surface area (Å²) in [5.74, 6) is -1.07. The summed E-state index contributed by atoms with van der Waals surface area (Å²) in [6.07, 6.45) is 0. The molecule has 1 amide bonds. The zero-order chi connectivity index (χ0) is 20.0. The van der Waals surface area contributed by atoms with E-state index in [-0.39, 0.29) is 17.9 Å². The molecule has 0 aliphatic rings. The van der Waals surface area contributed by atoms with E-state index in [2.05, 4.69) is 15.8 Å². The van der Waals surface area contributed by atoms with Gasteiger partial charge in [-0.1, -0.05) is 0 Å². The number of Topliss-reactive ketones (excluding diaryl/α,β-unsaturated/α-hetero) is 1. The molecule has 0 fully saturated rings. The number of ketones is 1. The number of nitrogens with one attached hydrogen (secondary N) is 3. The van der Waals surface area contributed by atoms with E-state index < -0.39 is 11.7 Å². The third-order valence-corrected chi connectivity index (χ3v) is 4.39. The van der Waals surface area contributed by atoms with Crippen molar-refractivity contribution < 1.29 is 18.8 Å². The van der Waals surface area contributed by atoms with E-state index >= 15 is 0 Å². The average Bonchev–Trinajstić information content (AvgIpc) is 3.02. The van der Waals surface area contributed by atoms with Crippen LogP contribution in [-0.4, -0.2) is 48.8 Å². The van der Waals surface area contributed by atoms with Gasteiger partial charge in [0, 0.05) is 22.7 Å². The number of halogens is 2. The third-order valence-electron chi connectivity index (χ3n) is 3.72. The van der Waals surface area contributed by atoms with Crippen LogP contribution in [0.3, 0.4) is 0 Å². The van der Waals surface area contributed by atoms with E-state index in [1.807, 2.05) is 41.6 Å². The van der Waals surface area contributed by atoms with Crippen molar-refractivity contribution in [2.45, 2.75) is 13.5 Å². The molecule has 2 aromatic rings. The highest BCUT2D eigenvalue weighted by Crippen LogP contribution is 2.19. The van der Waals surface area contributed by atoms with Crippen LogP contribution in [0.5, 0.6) is 0 Å². The zero-order valence-corrected chi connectivity index (χ0v) is 17.5. The standard InChI is InChI=1S/C18H22FIN4O3/c1-11(25)16-9-13(18(26)23-27-7-6-24(2)3)17(22-16)10-21-15-5-4-12(20)8-14(15)19/h4-5,8-9,21-22H,6-7,10H2,1-3H3,(H,23,26). The van der Waals surface area contributed by atoms with Gasteiger partial charge in [-0.25, -0.2) is 9.87 Å². The Morgan fingerprint density at radius 1 is 1.30 bits per heavy atom. The summed E-state index contributed by atoms with van der Waals surface area (Å²) in [7, 11) is 3.79. The molecule has 3 N–H and O–H groups in total. The Kier molecular flexibility index (Phi) is 7.75. The first-order valence-electron chi connectivity index (χ1n) is 8.26. The molecule has 0 saturated heterocycles. The molecule has 2 rings (SSSR count). The second kappa shape index (κ2) is 9.81. The first-order valence-corrected chi connectivity index (χ1v) is 9.34. The van der Waals surface area contributed by atoms with Crippen LogP contribution >= 0.6 is 22.6 Å². The number of hydrogen-bond acceptors (Lipinski definition) is 5. The maximum atomic E-state index is 14.0. The molecule has 9 heteroatoms. The summed E-state index contributed by atoms with van der Waals surface area (Å²) in [5, 5.41) is 2.94. The minimum absolute atomic E-state index is 0.144. The number of aromatic nitrogens is 1. The van der Waals surface area contributed by atoms with Crippen LogP contribution < -0.4 is 10.8 Å². The second-order valence-corrected chi connectivity index (χ2v) is 7.44. The lowest BCUT2D eigenvalue weighted by Crippen LogP contribution is -2.28. The summed E-state index contributed by atoms with van der Waals surface area (Å²) in [4.78, 5) is 34.0. The third kappa shape index (κ3) is 6.29. The fourth-order valence-corrected chi connectivity index (χ4v) is 2.70. The maximum absolute atomic E-state index is 14.0. The van der Waals surface area contributed by atoms with Crippen molar-refractivity contribution in [3.63, 3.8) is 0 Å². The van der Waals surface area contributed by atoms with E-state index in [0.717, 1.165) is 3.57 Å². The minimum atomic E-state index is -0.475. The Balaban J connectivity index is 2.10. The van der Waals surface area contributed by atoms with Crippen LogP contribution in [0.25, 0.3) is 0 Å². The van der Waals surface area contributed by atoms with E-state index in [9.17, 15) is 14.0 Å². The topological polar surface area (TPSA) is 86.5 Å². The number of H-pyrrole nitrogens is 1.